The molecular weight excluding hydrogens is 564 g/mol. The molecule has 3 aliphatic rings. The number of ether oxygens (including phenoxy) is 5. The third kappa shape index (κ3) is 5.54. The fourth-order valence-corrected chi connectivity index (χ4v) is 7.08. The summed E-state index contributed by atoms with van der Waals surface area (Å²) in [4.78, 5) is 38.9. The maximum atomic E-state index is 15.9. The van der Waals surface area contributed by atoms with E-state index < -0.39 is 65.5 Å². The van der Waals surface area contributed by atoms with Gasteiger partial charge in [0.15, 0.2) is 0 Å². The SMILES string of the molecule is C=CCOC(=O)[C@@]1(F)[C@@H]2C[C@@H](OCc3ccc(F)cc3)[C@@](N)(C(=O)OC(C)OC(=O)O[C@H]3C[C@@H](C)C(C)(C)C3(C)CC)[C@@H]21. The number of halogens is 2. The molecular formula is C32H43F2NO8. The molecule has 3 aliphatic carbocycles. The fraction of sp³-hybridized carbons (Fsp3) is 0.656. The number of benzene rings is 1. The molecule has 2 N–H and O–H groups in total. The summed E-state index contributed by atoms with van der Waals surface area (Å²) in [6.45, 7) is 15.1. The van der Waals surface area contributed by atoms with Crippen molar-refractivity contribution in [2.24, 2.45) is 34.3 Å². The topological polar surface area (TPSA) is 123 Å². The van der Waals surface area contributed by atoms with Gasteiger partial charge in [-0.15, -0.1) is 0 Å². The lowest BCUT2D eigenvalue weighted by Crippen LogP contribution is -2.61. The van der Waals surface area contributed by atoms with E-state index in [1.807, 2.05) is 6.92 Å². The van der Waals surface area contributed by atoms with Crippen molar-refractivity contribution in [3.63, 3.8) is 0 Å². The number of hydrogen-bond acceptors (Lipinski definition) is 9. The van der Waals surface area contributed by atoms with Gasteiger partial charge in [0.2, 0.25) is 12.0 Å². The summed E-state index contributed by atoms with van der Waals surface area (Å²) >= 11 is 0. The highest BCUT2D eigenvalue weighted by Crippen LogP contribution is 2.67. The Morgan fingerprint density at radius 3 is 2.35 bits per heavy atom. The highest BCUT2D eigenvalue weighted by molar-refractivity contribution is 5.92. The van der Waals surface area contributed by atoms with Crippen LogP contribution in [-0.2, 0) is 39.9 Å². The predicted octanol–water partition coefficient (Wildman–Crippen LogP) is 5.39. The number of esters is 2. The monoisotopic (exact) mass is 607 g/mol. The van der Waals surface area contributed by atoms with Crippen molar-refractivity contribution in [1.82, 2.24) is 0 Å². The van der Waals surface area contributed by atoms with Gasteiger partial charge in [-0.2, -0.15) is 0 Å². The largest absolute Gasteiger partial charge is 0.511 e. The summed E-state index contributed by atoms with van der Waals surface area (Å²) in [5.41, 5.74) is 2.15. The van der Waals surface area contributed by atoms with Gasteiger partial charge in [0.1, 0.15) is 24.1 Å². The van der Waals surface area contributed by atoms with E-state index in [0.717, 1.165) is 6.42 Å². The Balaban J connectivity index is 1.45. The van der Waals surface area contributed by atoms with Crippen LogP contribution in [0.4, 0.5) is 13.6 Å². The zero-order valence-electron chi connectivity index (χ0n) is 25.7. The number of carbonyl (C=O) groups excluding carboxylic acids is 3. The van der Waals surface area contributed by atoms with Gasteiger partial charge in [-0.1, -0.05) is 59.4 Å². The summed E-state index contributed by atoms with van der Waals surface area (Å²) in [6.07, 6.45) is -1.23. The molecule has 0 radical (unpaired) electrons. The maximum Gasteiger partial charge on any atom is 0.511 e. The van der Waals surface area contributed by atoms with E-state index in [4.69, 9.17) is 29.4 Å². The van der Waals surface area contributed by atoms with Crippen molar-refractivity contribution in [2.45, 2.75) is 97.1 Å². The van der Waals surface area contributed by atoms with Crippen molar-refractivity contribution >= 4 is 18.1 Å². The second-order valence-electron chi connectivity index (χ2n) is 12.9. The average molecular weight is 608 g/mol. The van der Waals surface area contributed by atoms with Gasteiger partial charge in [0.05, 0.1) is 12.7 Å². The highest BCUT2D eigenvalue weighted by atomic mass is 19.1. The zero-order chi connectivity index (χ0) is 32.0. The van der Waals surface area contributed by atoms with Gasteiger partial charge < -0.3 is 29.4 Å². The van der Waals surface area contributed by atoms with Gasteiger partial charge in [-0.3, -0.25) is 0 Å². The Labute approximate surface area is 251 Å². The number of fused-ring (bicyclic) bond motifs is 1. The van der Waals surface area contributed by atoms with Crippen molar-refractivity contribution in [2.75, 3.05) is 6.61 Å². The van der Waals surface area contributed by atoms with Crippen molar-refractivity contribution < 1.29 is 46.8 Å². The lowest BCUT2D eigenvalue weighted by atomic mass is 9.64. The number of carbonyl (C=O) groups is 3. The Morgan fingerprint density at radius 1 is 1.09 bits per heavy atom. The Hall–Kier alpha value is -3.05. The Morgan fingerprint density at radius 2 is 1.74 bits per heavy atom. The van der Waals surface area contributed by atoms with Gasteiger partial charge in [0.25, 0.3) is 0 Å². The average Bonchev–Trinajstić information content (AvgIpc) is 3.36. The quantitative estimate of drug-likeness (QED) is 0.153. The van der Waals surface area contributed by atoms with Crippen LogP contribution in [0.5, 0.6) is 0 Å². The maximum absolute atomic E-state index is 15.9. The van der Waals surface area contributed by atoms with Crippen LogP contribution in [0, 0.1) is 34.4 Å². The predicted molar refractivity (Wildman–Crippen MR) is 151 cm³/mol. The zero-order valence-corrected chi connectivity index (χ0v) is 25.7. The van der Waals surface area contributed by atoms with E-state index in [1.54, 1.807) is 0 Å². The van der Waals surface area contributed by atoms with Crippen LogP contribution in [0.15, 0.2) is 36.9 Å². The third-order valence-corrected chi connectivity index (χ3v) is 10.7. The first-order chi connectivity index (χ1) is 20.1. The van der Waals surface area contributed by atoms with Gasteiger partial charge in [0, 0.05) is 24.2 Å². The molecule has 4 rings (SSSR count). The molecule has 9 atom stereocenters. The highest BCUT2D eigenvalue weighted by Gasteiger charge is 2.85. The van der Waals surface area contributed by atoms with Crippen LogP contribution in [0.25, 0.3) is 0 Å². The molecule has 9 nitrogen and oxygen atoms in total. The van der Waals surface area contributed by atoms with E-state index in [1.165, 1.54) is 37.3 Å². The van der Waals surface area contributed by atoms with E-state index in [0.29, 0.717) is 17.9 Å². The second kappa shape index (κ2) is 11.8. The molecule has 0 heterocycles. The molecule has 11 heteroatoms. The van der Waals surface area contributed by atoms with Gasteiger partial charge in [-0.05, 0) is 48.3 Å². The second-order valence-corrected chi connectivity index (χ2v) is 12.9. The van der Waals surface area contributed by atoms with E-state index in [9.17, 15) is 18.8 Å². The summed E-state index contributed by atoms with van der Waals surface area (Å²) < 4.78 is 56.5. The fourth-order valence-electron chi connectivity index (χ4n) is 7.08. The Bertz CT molecular complexity index is 1240. The van der Waals surface area contributed by atoms with Crippen LogP contribution < -0.4 is 5.73 Å². The van der Waals surface area contributed by atoms with E-state index in [2.05, 4.69) is 34.3 Å². The number of alkyl halides is 1. The van der Waals surface area contributed by atoms with E-state index >= 15 is 4.39 Å². The lowest BCUT2D eigenvalue weighted by molar-refractivity contribution is -0.184. The number of nitrogens with two attached hydrogens (primary N) is 1. The van der Waals surface area contributed by atoms with Gasteiger partial charge >= 0.3 is 18.1 Å². The molecule has 1 aromatic carbocycles. The van der Waals surface area contributed by atoms with Crippen LogP contribution in [0.1, 0.15) is 66.4 Å². The molecule has 43 heavy (non-hydrogen) atoms. The molecule has 0 amide bonds. The first-order valence-corrected chi connectivity index (χ1v) is 14.8. The third-order valence-electron chi connectivity index (χ3n) is 10.7. The van der Waals surface area contributed by atoms with Crippen molar-refractivity contribution in [3.8, 4) is 0 Å². The molecule has 0 bridgehead atoms. The van der Waals surface area contributed by atoms with Crippen LogP contribution >= 0.6 is 0 Å². The molecule has 0 spiro atoms. The van der Waals surface area contributed by atoms with Crippen molar-refractivity contribution in [3.05, 3.63) is 48.3 Å². The van der Waals surface area contributed by atoms with Gasteiger partial charge in [-0.25, -0.2) is 23.2 Å². The van der Waals surface area contributed by atoms with Crippen LogP contribution in [0.3, 0.4) is 0 Å². The summed E-state index contributed by atoms with van der Waals surface area (Å²) in [7, 11) is 0. The summed E-state index contributed by atoms with van der Waals surface area (Å²) in [5.74, 6) is -4.64. The van der Waals surface area contributed by atoms with E-state index in [-0.39, 0.29) is 30.5 Å². The number of hydrogen-bond donors (Lipinski definition) is 1. The molecule has 2 unspecified atom stereocenters. The molecule has 0 aromatic heterocycles. The first-order valence-electron chi connectivity index (χ1n) is 14.8. The molecule has 3 saturated carbocycles. The standard InChI is InChI=1S/C32H43F2NO8/c1-8-14-39-26(36)31(34)22-16-24(40-17-20-10-12-21(33)13-11-20)32(35,25(22)31)27(37)41-19(4)42-28(38)43-23-15-18(3)29(5,6)30(23,7)9-2/h8,10-13,18-19,22-25H,1,9,14-17,35H2,2-7H3/t18-,19?,22-,23+,24-,25+,30?,31-,32+/m1/s1. The smallest absolute Gasteiger partial charge is 0.459 e. The lowest BCUT2D eigenvalue weighted by Gasteiger charge is -2.42. The minimum absolute atomic E-state index is 0.0540. The number of rotatable bonds is 11. The molecule has 3 fully saturated rings. The molecule has 1 aromatic rings. The molecule has 238 valence electrons. The Kier molecular flexibility index (Phi) is 9.02. The van der Waals surface area contributed by atoms with Crippen molar-refractivity contribution in [1.29, 1.82) is 0 Å². The molecule has 0 saturated heterocycles. The summed E-state index contributed by atoms with van der Waals surface area (Å²) in [5, 5.41) is 0. The van der Waals surface area contributed by atoms with Crippen LogP contribution in [0.2, 0.25) is 0 Å². The minimum atomic E-state index is -2.52. The first kappa shape index (κ1) is 32.9. The van der Waals surface area contributed by atoms with Crippen LogP contribution in [-0.4, -0.2) is 54.4 Å². The normalized spacial score (nSPS) is 36.3. The summed E-state index contributed by atoms with van der Waals surface area (Å²) in [6, 6.07) is 5.52. The molecule has 0 aliphatic heterocycles. The minimum Gasteiger partial charge on any atom is -0.459 e.